The Morgan fingerprint density at radius 2 is 1.47 bits per heavy atom. The van der Waals surface area contributed by atoms with E-state index >= 15 is 0 Å². The fraction of sp³-hybridized carbons (Fsp3) is 1.00. The summed E-state index contributed by atoms with van der Waals surface area (Å²) in [7, 11) is -0.503. The van der Waals surface area contributed by atoms with E-state index in [0.717, 1.165) is 25.7 Å². The first-order valence-electron chi connectivity index (χ1n) is 5.65. The van der Waals surface area contributed by atoms with E-state index in [0.29, 0.717) is 13.2 Å². The van der Waals surface area contributed by atoms with Crippen LogP contribution in [0.2, 0.25) is 6.55 Å². The van der Waals surface area contributed by atoms with Crippen LogP contribution < -0.4 is 0 Å². The second-order valence-electron chi connectivity index (χ2n) is 3.42. The van der Waals surface area contributed by atoms with E-state index in [1.165, 1.54) is 0 Å². The van der Waals surface area contributed by atoms with Crippen molar-refractivity contribution in [3.05, 3.63) is 0 Å². The maximum Gasteiger partial charge on any atom is 0.316 e. The van der Waals surface area contributed by atoms with Gasteiger partial charge in [0, 0.05) is 0 Å². The van der Waals surface area contributed by atoms with E-state index < -0.39 is 14.4 Å². The van der Waals surface area contributed by atoms with Gasteiger partial charge < -0.3 is 9.47 Å². The molecule has 0 N–H and O–H groups in total. The molecule has 0 aromatic heterocycles. The van der Waals surface area contributed by atoms with Gasteiger partial charge >= 0.3 is 23.1 Å². The van der Waals surface area contributed by atoms with E-state index in [1.54, 1.807) is 0 Å². The van der Waals surface area contributed by atoms with Crippen molar-refractivity contribution in [1.82, 2.24) is 0 Å². The lowest BCUT2D eigenvalue weighted by molar-refractivity contribution is -0.124. The average Bonchev–Trinajstić information content (AvgIpc) is 2.19. The summed E-state index contributed by atoms with van der Waals surface area (Å²) in [6.07, 6.45) is 4.38. The van der Waals surface area contributed by atoms with E-state index in [4.69, 9.17) is 21.1 Å². The van der Waals surface area contributed by atoms with Crippen molar-refractivity contribution in [2.45, 2.75) is 50.9 Å². The van der Waals surface area contributed by atoms with Crippen LogP contribution in [0, 0.1) is 0 Å². The largest absolute Gasteiger partial charge is 0.341 e. The fourth-order valence-corrected chi connectivity index (χ4v) is 1.83. The molecule has 0 aliphatic carbocycles. The van der Waals surface area contributed by atoms with Crippen molar-refractivity contribution in [1.29, 1.82) is 0 Å². The second-order valence-corrected chi connectivity index (χ2v) is 6.08. The zero-order chi connectivity index (χ0) is 10.9. The van der Waals surface area contributed by atoms with E-state index in [2.05, 4.69) is 20.4 Å². The van der Waals surface area contributed by atoms with Gasteiger partial charge in [-0.3, -0.25) is 0 Å². The van der Waals surface area contributed by atoms with Crippen LogP contribution in [-0.4, -0.2) is 50.7 Å². The molecule has 0 unspecified atom stereocenters. The Bertz CT molecular complexity index is 129. The Hall–Kier alpha value is 1.19. The molecular weight excluding hydrogens is 240 g/mol. The monoisotopic (exact) mass is 264 g/mol. The SMILES string of the molecule is CCCCOC(Cl)(OCCCC)[SiH2]C.[MgH2]. The summed E-state index contributed by atoms with van der Waals surface area (Å²) < 4.78 is 11.1. The minimum Gasteiger partial charge on any atom is -0.341 e. The van der Waals surface area contributed by atoms with E-state index in [1.807, 2.05) is 0 Å². The summed E-state index contributed by atoms with van der Waals surface area (Å²) in [4.78, 5) is -0.746. The Morgan fingerprint density at radius 1 is 1.07 bits per heavy atom. The molecule has 0 radical (unpaired) electrons. The van der Waals surface area contributed by atoms with E-state index in [9.17, 15) is 0 Å². The van der Waals surface area contributed by atoms with Gasteiger partial charge in [-0.2, -0.15) is 0 Å². The third kappa shape index (κ3) is 10.1. The van der Waals surface area contributed by atoms with Gasteiger partial charge in [0.2, 0.25) is 4.87 Å². The molecule has 0 aliphatic rings. The molecule has 0 amide bonds. The van der Waals surface area contributed by atoms with Gasteiger partial charge in [0.15, 0.2) is 0 Å². The van der Waals surface area contributed by atoms with Crippen LogP contribution in [0.1, 0.15) is 39.5 Å². The third-order valence-electron chi connectivity index (χ3n) is 2.05. The first-order chi connectivity index (χ1) is 6.68. The molecule has 15 heavy (non-hydrogen) atoms. The number of hydrogen-bond acceptors (Lipinski definition) is 2. The molecule has 0 fully saturated rings. The molecule has 0 saturated heterocycles. The Kier molecular flexibility index (Phi) is 14.4. The van der Waals surface area contributed by atoms with Crippen LogP contribution in [0.5, 0.6) is 0 Å². The first-order valence-corrected chi connectivity index (χ1v) is 8.15. The molecule has 90 valence electrons. The Labute approximate surface area is 117 Å². The maximum atomic E-state index is 6.21. The van der Waals surface area contributed by atoms with Gasteiger partial charge in [0.1, 0.15) is 9.52 Å². The summed E-state index contributed by atoms with van der Waals surface area (Å²) in [5, 5.41) is 0. The van der Waals surface area contributed by atoms with E-state index in [-0.39, 0.29) is 23.1 Å². The molecule has 0 aromatic rings. The predicted molar refractivity (Wildman–Crippen MR) is 73.3 cm³/mol. The molecule has 0 heterocycles. The molecule has 5 heteroatoms. The lowest BCUT2D eigenvalue weighted by atomic mass is 10.4. The Balaban J connectivity index is 0. The smallest absolute Gasteiger partial charge is 0.316 e. The van der Waals surface area contributed by atoms with Crippen LogP contribution >= 0.6 is 11.6 Å². The quantitative estimate of drug-likeness (QED) is 0.274. The van der Waals surface area contributed by atoms with Crippen molar-refractivity contribution in [3.8, 4) is 0 Å². The number of ether oxygens (including phenoxy) is 2. The van der Waals surface area contributed by atoms with Crippen molar-refractivity contribution in [3.63, 3.8) is 0 Å². The van der Waals surface area contributed by atoms with Crippen molar-refractivity contribution in [2.24, 2.45) is 0 Å². The topological polar surface area (TPSA) is 18.5 Å². The third-order valence-corrected chi connectivity index (χ3v) is 4.33. The fourth-order valence-electron chi connectivity index (χ4n) is 0.984. The van der Waals surface area contributed by atoms with Crippen LogP contribution in [0.4, 0.5) is 0 Å². The van der Waals surface area contributed by atoms with Crippen LogP contribution in [0.15, 0.2) is 0 Å². The molecule has 0 rings (SSSR count). The van der Waals surface area contributed by atoms with Crippen LogP contribution in [0.3, 0.4) is 0 Å². The molecule has 0 atom stereocenters. The highest BCUT2D eigenvalue weighted by Crippen LogP contribution is 2.18. The first kappa shape index (κ1) is 18.6. The zero-order valence-corrected chi connectivity index (χ0v) is 11.8. The number of halogens is 1. The number of unbranched alkanes of at least 4 members (excludes halogenated alkanes) is 2. The molecule has 0 aromatic carbocycles. The summed E-state index contributed by atoms with van der Waals surface area (Å²) >= 11 is 6.21. The van der Waals surface area contributed by atoms with Crippen LogP contribution in [0.25, 0.3) is 0 Å². The lowest BCUT2D eigenvalue weighted by Crippen LogP contribution is -2.35. The van der Waals surface area contributed by atoms with Crippen molar-refractivity contribution < 1.29 is 9.47 Å². The van der Waals surface area contributed by atoms with Crippen molar-refractivity contribution >= 4 is 44.2 Å². The maximum absolute atomic E-state index is 6.21. The highest BCUT2D eigenvalue weighted by Gasteiger charge is 2.25. The number of alkyl halides is 1. The molecule has 2 nitrogen and oxygen atoms in total. The van der Waals surface area contributed by atoms with Crippen molar-refractivity contribution in [2.75, 3.05) is 13.2 Å². The molecule has 0 aliphatic heterocycles. The molecule has 0 bridgehead atoms. The summed E-state index contributed by atoms with van der Waals surface area (Å²) in [5.74, 6) is 0. The normalized spacial score (nSPS) is 12.0. The molecular formula is C10H25ClMgO2Si. The van der Waals surface area contributed by atoms with Gasteiger partial charge in [-0.15, -0.1) is 0 Å². The zero-order valence-electron chi connectivity index (χ0n) is 9.64. The number of rotatable bonds is 9. The van der Waals surface area contributed by atoms with Gasteiger partial charge in [-0.1, -0.05) is 44.8 Å². The Morgan fingerprint density at radius 3 is 1.73 bits per heavy atom. The highest BCUT2D eigenvalue weighted by atomic mass is 35.5. The van der Waals surface area contributed by atoms with Gasteiger partial charge in [0.05, 0.1) is 13.2 Å². The summed E-state index contributed by atoms with van der Waals surface area (Å²) in [6.45, 7) is 7.83. The number of hydrogen-bond donors (Lipinski definition) is 0. The molecule has 0 saturated carbocycles. The van der Waals surface area contributed by atoms with Gasteiger partial charge in [-0.25, -0.2) is 0 Å². The summed E-state index contributed by atoms with van der Waals surface area (Å²) in [5.41, 5.74) is 0. The van der Waals surface area contributed by atoms with Gasteiger partial charge in [0.25, 0.3) is 0 Å². The highest BCUT2D eigenvalue weighted by molar-refractivity contribution is 6.53. The minimum absolute atomic E-state index is 0. The average molecular weight is 265 g/mol. The standard InChI is InChI=1S/C10H23ClO2Si.Mg.2H/c1-4-6-8-12-10(11,14-3)13-9-7-5-2;;;/h4-9,14H2,1-3H3;;;. The molecule has 0 spiro atoms. The predicted octanol–water partition coefficient (Wildman–Crippen LogP) is 1.77. The minimum atomic E-state index is -0.746. The van der Waals surface area contributed by atoms with Gasteiger partial charge in [-0.05, 0) is 12.8 Å². The summed E-state index contributed by atoms with van der Waals surface area (Å²) in [6, 6.07) is 0. The lowest BCUT2D eigenvalue weighted by Gasteiger charge is -2.26. The van der Waals surface area contributed by atoms with Crippen LogP contribution in [-0.2, 0) is 9.47 Å². The second kappa shape index (κ2) is 11.7.